The SMILES string of the molecule is Cc1nc2ncnn2c(C)c1CCC(=O)N1CC[NH+](Cc2cccc(Cl)c2)CC1. The second-order valence-electron chi connectivity index (χ2n) is 7.67. The van der Waals surface area contributed by atoms with Gasteiger partial charge < -0.3 is 9.80 Å². The molecule has 1 saturated heterocycles. The molecular weight excluding hydrogens is 388 g/mol. The molecule has 0 saturated carbocycles. The molecule has 1 fully saturated rings. The number of benzene rings is 1. The van der Waals surface area contributed by atoms with Gasteiger partial charge in [0.25, 0.3) is 5.78 Å². The summed E-state index contributed by atoms with van der Waals surface area (Å²) in [5, 5.41) is 5.00. The van der Waals surface area contributed by atoms with Gasteiger partial charge in [-0.25, -0.2) is 9.50 Å². The van der Waals surface area contributed by atoms with Gasteiger partial charge in [-0.15, -0.1) is 0 Å². The van der Waals surface area contributed by atoms with Gasteiger partial charge in [-0.3, -0.25) is 4.79 Å². The van der Waals surface area contributed by atoms with Crippen LogP contribution >= 0.6 is 11.6 Å². The molecule has 1 amide bonds. The van der Waals surface area contributed by atoms with Crippen LogP contribution in [-0.4, -0.2) is 56.6 Å². The summed E-state index contributed by atoms with van der Waals surface area (Å²) in [5.74, 6) is 0.818. The number of rotatable bonds is 5. The van der Waals surface area contributed by atoms with E-state index in [-0.39, 0.29) is 5.91 Å². The number of carbonyl (C=O) groups is 1. The van der Waals surface area contributed by atoms with Crippen LogP contribution < -0.4 is 4.90 Å². The van der Waals surface area contributed by atoms with Gasteiger partial charge in [0.1, 0.15) is 12.9 Å². The average Bonchev–Trinajstić information content (AvgIpc) is 3.17. The van der Waals surface area contributed by atoms with Gasteiger partial charge in [0.05, 0.1) is 26.2 Å². The quantitative estimate of drug-likeness (QED) is 0.683. The molecule has 1 N–H and O–H groups in total. The van der Waals surface area contributed by atoms with Crippen molar-refractivity contribution in [2.45, 2.75) is 33.2 Å². The summed E-state index contributed by atoms with van der Waals surface area (Å²) in [6, 6.07) is 8.03. The maximum Gasteiger partial charge on any atom is 0.252 e. The zero-order valence-electron chi connectivity index (χ0n) is 16.9. The van der Waals surface area contributed by atoms with Crippen LogP contribution in [0.1, 0.15) is 28.9 Å². The van der Waals surface area contributed by atoms with E-state index in [1.54, 1.807) is 4.52 Å². The topological polar surface area (TPSA) is 67.8 Å². The third kappa shape index (κ3) is 4.41. The molecule has 0 radical (unpaired) electrons. The molecule has 1 aliphatic rings. The summed E-state index contributed by atoms with van der Waals surface area (Å²) in [6.45, 7) is 8.45. The number of carbonyl (C=O) groups excluding carboxylic acids is 1. The Labute approximate surface area is 175 Å². The van der Waals surface area contributed by atoms with E-state index < -0.39 is 0 Å². The monoisotopic (exact) mass is 413 g/mol. The molecule has 7 nitrogen and oxygen atoms in total. The molecule has 0 atom stereocenters. The maximum atomic E-state index is 12.8. The van der Waals surface area contributed by atoms with Crippen LogP contribution in [0, 0.1) is 13.8 Å². The Bertz CT molecular complexity index is 1030. The Morgan fingerprint density at radius 3 is 2.79 bits per heavy atom. The summed E-state index contributed by atoms with van der Waals surface area (Å²) in [7, 11) is 0. The number of hydrogen-bond donors (Lipinski definition) is 1. The molecule has 0 spiro atoms. The molecule has 0 unspecified atom stereocenters. The Hall–Kier alpha value is -2.51. The maximum absolute atomic E-state index is 12.8. The van der Waals surface area contributed by atoms with Crippen molar-refractivity contribution in [1.29, 1.82) is 0 Å². The fourth-order valence-corrected chi connectivity index (χ4v) is 4.30. The van der Waals surface area contributed by atoms with Gasteiger partial charge >= 0.3 is 0 Å². The van der Waals surface area contributed by atoms with Crippen molar-refractivity contribution in [2.24, 2.45) is 0 Å². The lowest BCUT2D eigenvalue weighted by atomic mass is 10.1. The zero-order valence-corrected chi connectivity index (χ0v) is 17.6. The third-order valence-electron chi connectivity index (χ3n) is 5.74. The minimum Gasteiger partial charge on any atom is -0.331 e. The van der Waals surface area contributed by atoms with Crippen molar-refractivity contribution in [3.63, 3.8) is 0 Å². The molecule has 152 valence electrons. The molecule has 3 heterocycles. The van der Waals surface area contributed by atoms with Crippen LogP contribution in [0.25, 0.3) is 5.78 Å². The van der Waals surface area contributed by atoms with Gasteiger partial charge in [0.2, 0.25) is 5.91 Å². The number of fused-ring (bicyclic) bond motifs is 1. The second-order valence-corrected chi connectivity index (χ2v) is 8.11. The van der Waals surface area contributed by atoms with Gasteiger partial charge in [-0.1, -0.05) is 23.7 Å². The molecule has 29 heavy (non-hydrogen) atoms. The first-order chi connectivity index (χ1) is 14.0. The van der Waals surface area contributed by atoms with E-state index in [4.69, 9.17) is 11.6 Å². The summed E-state index contributed by atoms with van der Waals surface area (Å²) >= 11 is 6.08. The summed E-state index contributed by atoms with van der Waals surface area (Å²) in [6.07, 6.45) is 2.68. The molecule has 2 aromatic heterocycles. The average molecular weight is 414 g/mol. The van der Waals surface area contributed by atoms with Crippen LogP contribution in [0.5, 0.6) is 0 Å². The highest BCUT2D eigenvalue weighted by molar-refractivity contribution is 6.30. The lowest BCUT2D eigenvalue weighted by Gasteiger charge is -2.32. The van der Waals surface area contributed by atoms with E-state index in [0.29, 0.717) is 18.6 Å². The van der Waals surface area contributed by atoms with Crippen molar-refractivity contribution in [2.75, 3.05) is 26.2 Å². The van der Waals surface area contributed by atoms with E-state index in [9.17, 15) is 4.79 Å². The molecule has 1 aliphatic heterocycles. The van der Waals surface area contributed by atoms with Crippen LogP contribution in [-0.2, 0) is 17.8 Å². The Morgan fingerprint density at radius 1 is 1.24 bits per heavy atom. The summed E-state index contributed by atoms with van der Waals surface area (Å²) in [4.78, 5) is 24.9. The molecule has 3 aromatic rings. The Morgan fingerprint density at radius 2 is 2.03 bits per heavy atom. The lowest BCUT2D eigenvalue weighted by molar-refractivity contribution is -0.917. The van der Waals surface area contributed by atoms with Crippen molar-refractivity contribution in [1.82, 2.24) is 24.5 Å². The highest BCUT2D eigenvalue weighted by atomic mass is 35.5. The predicted molar refractivity (Wildman–Crippen MR) is 111 cm³/mol. The number of aryl methyl sites for hydroxylation is 2. The summed E-state index contributed by atoms with van der Waals surface area (Å²) < 4.78 is 1.74. The number of hydrogen-bond acceptors (Lipinski definition) is 4. The number of nitrogens with zero attached hydrogens (tertiary/aromatic N) is 5. The second kappa shape index (κ2) is 8.47. The normalized spacial score (nSPS) is 15.2. The van der Waals surface area contributed by atoms with Crippen LogP contribution in [0.15, 0.2) is 30.6 Å². The number of halogens is 1. The molecule has 0 aliphatic carbocycles. The van der Waals surface area contributed by atoms with E-state index in [1.807, 2.05) is 36.9 Å². The number of nitrogens with one attached hydrogen (secondary N) is 1. The highest BCUT2D eigenvalue weighted by Crippen LogP contribution is 2.15. The lowest BCUT2D eigenvalue weighted by Crippen LogP contribution is -3.13. The fourth-order valence-electron chi connectivity index (χ4n) is 4.09. The molecule has 8 heteroatoms. The van der Waals surface area contributed by atoms with Crippen LogP contribution in [0.4, 0.5) is 0 Å². The first-order valence-electron chi connectivity index (χ1n) is 10.0. The zero-order chi connectivity index (χ0) is 20.4. The predicted octanol–water partition coefficient (Wildman–Crippen LogP) is 1.25. The van der Waals surface area contributed by atoms with E-state index in [0.717, 1.165) is 54.7 Å². The first-order valence-corrected chi connectivity index (χ1v) is 10.4. The van der Waals surface area contributed by atoms with Crippen molar-refractivity contribution in [3.8, 4) is 0 Å². The van der Waals surface area contributed by atoms with Crippen molar-refractivity contribution < 1.29 is 9.69 Å². The number of aromatic nitrogens is 4. The third-order valence-corrected chi connectivity index (χ3v) is 5.98. The number of amides is 1. The molecule has 0 bridgehead atoms. The van der Waals surface area contributed by atoms with Gasteiger partial charge in [-0.2, -0.15) is 10.1 Å². The molecule has 4 rings (SSSR count). The Kier molecular flexibility index (Phi) is 5.78. The molecular formula is C21H26ClN6O+. The standard InChI is InChI=1S/C21H25ClN6O/c1-15-19(16(2)28-21(25-15)23-14-24-28)6-7-20(29)27-10-8-26(9-11-27)13-17-4-3-5-18(22)12-17/h3-5,12,14H,6-11,13H2,1-2H3/p+1. The Balaban J connectivity index is 1.31. The number of quaternary nitrogens is 1. The smallest absolute Gasteiger partial charge is 0.252 e. The van der Waals surface area contributed by atoms with E-state index in [1.165, 1.54) is 16.8 Å². The van der Waals surface area contributed by atoms with E-state index in [2.05, 4.69) is 21.1 Å². The van der Waals surface area contributed by atoms with Crippen molar-refractivity contribution >= 4 is 23.3 Å². The van der Waals surface area contributed by atoms with E-state index >= 15 is 0 Å². The van der Waals surface area contributed by atoms with Crippen LogP contribution in [0.2, 0.25) is 5.02 Å². The highest BCUT2D eigenvalue weighted by Gasteiger charge is 2.24. The van der Waals surface area contributed by atoms with Crippen LogP contribution in [0.3, 0.4) is 0 Å². The van der Waals surface area contributed by atoms with Gasteiger partial charge in [0, 0.05) is 28.4 Å². The molecule has 1 aromatic carbocycles. The van der Waals surface area contributed by atoms with Gasteiger partial charge in [-0.05, 0) is 38.0 Å². The first kappa shape index (κ1) is 19.8. The van der Waals surface area contributed by atoms with Crippen molar-refractivity contribution in [3.05, 3.63) is 58.1 Å². The minimum atomic E-state index is 0.212. The summed E-state index contributed by atoms with van der Waals surface area (Å²) in [5.41, 5.74) is 4.26. The minimum absolute atomic E-state index is 0.212. The fraction of sp³-hybridized carbons (Fsp3) is 0.429. The number of piperazine rings is 1. The largest absolute Gasteiger partial charge is 0.331 e. The van der Waals surface area contributed by atoms with Gasteiger partial charge in [0.15, 0.2) is 0 Å².